The van der Waals surface area contributed by atoms with Crippen molar-refractivity contribution in [3.63, 3.8) is 0 Å². The Morgan fingerprint density at radius 2 is 1.30 bits per heavy atom. The highest BCUT2D eigenvalue weighted by molar-refractivity contribution is 5.48. The number of pyridine rings is 1. The van der Waals surface area contributed by atoms with E-state index >= 15 is 0 Å². The van der Waals surface area contributed by atoms with Gasteiger partial charge in [0.1, 0.15) is 0 Å². The molecule has 3 rings (SSSR count). The number of nitro groups is 1. The largest absolute Gasteiger partial charge is 0.399 e. The van der Waals surface area contributed by atoms with Crippen LogP contribution in [-0.2, 0) is 0 Å². The van der Waals surface area contributed by atoms with E-state index in [9.17, 15) is 10.1 Å². The van der Waals surface area contributed by atoms with Gasteiger partial charge in [0.25, 0.3) is 5.69 Å². The Hall–Kier alpha value is -3.21. The van der Waals surface area contributed by atoms with E-state index in [-0.39, 0.29) is 11.6 Å². The number of anilines is 1. The predicted molar refractivity (Wildman–Crippen MR) is 89.1 cm³/mol. The highest BCUT2D eigenvalue weighted by Gasteiger charge is 2.17. The molecule has 0 spiro atoms. The van der Waals surface area contributed by atoms with Crippen LogP contribution in [0.2, 0.25) is 0 Å². The fraction of sp³-hybridized carbons (Fsp3) is 0.0556. The third kappa shape index (κ3) is 3.18. The summed E-state index contributed by atoms with van der Waals surface area (Å²) in [6.45, 7) is 0. The maximum Gasteiger partial charge on any atom is 0.269 e. The first-order valence-electron chi connectivity index (χ1n) is 7.15. The molecule has 23 heavy (non-hydrogen) atoms. The van der Waals surface area contributed by atoms with Crippen LogP contribution in [0.25, 0.3) is 0 Å². The van der Waals surface area contributed by atoms with Crippen LogP contribution in [0.5, 0.6) is 0 Å². The number of hydrogen-bond acceptors (Lipinski definition) is 4. The smallest absolute Gasteiger partial charge is 0.269 e. The molecule has 5 heteroatoms. The van der Waals surface area contributed by atoms with Gasteiger partial charge in [-0.1, -0.05) is 24.3 Å². The number of nitrogens with zero attached hydrogens (tertiary/aromatic N) is 2. The number of benzene rings is 2. The fourth-order valence-corrected chi connectivity index (χ4v) is 2.61. The van der Waals surface area contributed by atoms with Gasteiger partial charge in [-0.25, -0.2) is 0 Å². The highest BCUT2D eigenvalue weighted by atomic mass is 16.6. The highest BCUT2D eigenvalue weighted by Crippen LogP contribution is 2.32. The topological polar surface area (TPSA) is 82.0 Å². The maximum atomic E-state index is 10.8. The van der Waals surface area contributed by atoms with Crippen LogP contribution in [-0.4, -0.2) is 9.91 Å². The minimum absolute atomic E-state index is 0.0283. The van der Waals surface area contributed by atoms with Gasteiger partial charge in [0.05, 0.1) is 4.92 Å². The molecular weight excluding hydrogens is 290 g/mol. The van der Waals surface area contributed by atoms with Gasteiger partial charge in [-0.2, -0.15) is 0 Å². The van der Waals surface area contributed by atoms with Crippen molar-refractivity contribution in [2.75, 3.05) is 5.73 Å². The Labute approximate surface area is 133 Å². The number of nitro benzene ring substituents is 1. The summed E-state index contributed by atoms with van der Waals surface area (Å²) in [5.41, 5.74) is 9.67. The van der Waals surface area contributed by atoms with E-state index < -0.39 is 4.92 Å². The van der Waals surface area contributed by atoms with Gasteiger partial charge in [-0.3, -0.25) is 15.1 Å². The molecule has 0 aliphatic heterocycles. The van der Waals surface area contributed by atoms with Crippen molar-refractivity contribution in [3.8, 4) is 0 Å². The van der Waals surface area contributed by atoms with Crippen LogP contribution < -0.4 is 5.73 Å². The van der Waals surface area contributed by atoms with Gasteiger partial charge in [0.2, 0.25) is 0 Å². The fourth-order valence-electron chi connectivity index (χ4n) is 2.61. The van der Waals surface area contributed by atoms with Crippen molar-refractivity contribution in [2.45, 2.75) is 5.92 Å². The van der Waals surface area contributed by atoms with Gasteiger partial charge in [0.15, 0.2) is 0 Å². The zero-order valence-electron chi connectivity index (χ0n) is 12.3. The van der Waals surface area contributed by atoms with Crippen molar-refractivity contribution in [2.24, 2.45) is 0 Å². The lowest BCUT2D eigenvalue weighted by Gasteiger charge is -2.18. The Morgan fingerprint density at radius 1 is 0.826 bits per heavy atom. The number of non-ortho nitro benzene ring substituents is 1. The molecule has 1 heterocycles. The number of nitrogens with two attached hydrogens (primary N) is 1. The minimum Gasteiger partial charge on any atom is -0.399 e. The predicted octanol–water partition coefficient (Wildman–Crippen LogP) is 3.75. The van der Waals surface area contributed by atoms with E-state index in [0.717, 1.165) is 16.7 Å². The van der Waals surface area contributed by atoms with Crippen molar-refractivity contribution >= 4 is 11.4 Å². The molecule has 1 aromatic heterocycles. The Balaban J connectivity index is 2.08. The summed E-state index contributed by atoms with van der Waals surface area (Å²) >= 11 is 0. The second kappa shape index (κ2) is 6.27. The summed E-state index contributed by atoms with van der Waals surface area (Å²) in [5, 5.41) is 10.8. The monoisotopic (exact) mass is 305 g/mol. The molecule has 0 radical (unpaired) electrons. The average Bonchev–Trinajstić information content (AvgIpc) is 2.58. The second-order valence-electron chi connectivity index (χ2n) is 5.23. The molecule has 0 aliphatic carbocycles. The molecule has 3 aromatic rings. The Morgan fingerprint density at radius 3 is 1.83 bits per heavy atom. The van der Waals surface area contributed by atoms with Crippen LogP contribution in [0.4, 0.5) is 11.4 Å². The van der Waals surface area contributed by atoms with Crippen LogP contribution in [0.3, 0.4) is 0 Å². The summed E-state index contributed by atoms with van der Waals surface area (Å²) in [4.78, 5) is 14.5. The molecule has 2 aromatic carbocycles. The normalized spacial score (nSPS) is 11.8. The number of nitrogen functional groups attached to an aromatic ring is 1. The molecule has 0 fully saturated rings. The molecule has 2 N–H and O–H groups in total. The van der Waals surface area contributed by atoms with E-state index in [2.05, 4.69) is 4.98 Å². The van der Waals surface area contributed by atoms with E-state index in [4.69, 9.17) is 5.73 Å². The summed E-state index contributed by atoms with van der Waals surface area (Å²) in [5.74, 6) is -0.0283. The molecule has 114 valence electrons. The zero-order chi connectivity index (χ0) is 16.2. The molecule has 1 atom stereocenters. The number of aromatic nitrogens is 1. The quantitative estimate of drug-likeness (QED) is 0.452. The number of rotatable bonds is 4. The van der Waals surface area contributed by atoms with Crippen LogP contribution >= 0.6 is 0 Å². The van der Waals surface area contributed by atoms with Crippen molar-refractivity contribution in [1.29, 1.82) is 0 Å². The molecule has 1 unspecified atom stereocenters. The van der Waals surface area contributed by atoms with Crippen molar-refractivity contribution in [3.05, 3.63) is 99.9 Å². The first-order valence-corrected chi connectivity index (χ1v) is 7.15. The van der Waals surface area contributed by atoms with Gasteiger partial charge in [-0.15, -0.1) is 0 Å². The zero-order valence-corrected chi connectivity index (χ0v) is 12.3. The second-order valence-corrected chi connectivity index (χ2v) is 5.23. The Kier molecular flexibility index (Phi) is 4.01. The summed E-state index contributed by atoms with van der Waals surface area (Å²) in [7, 11) is 0. The standard InChI is InChI=1S/C18H15N3O2/c19-16-5-1-13(2-6-16)18(15-9-11-20-12-10-15)14-3-7-17(8-4-14)21(22)23/h1-12,18H,19H2. The van der Waals surface area contributed by atoms with Gasteiger partial charge in [-0.05, 0) is 41.0 Å². The molecule has 0 bridgehead atoms. The van der Waals surface area contributed by atoms with Gasteiger partial charge < -0.3 is 5.73 Å². The van der Waals surface area contributed by atoms with Crippen molar-refractivity contribution < 1.29 is 4.92 Å². The summed E-state index contributed by atoms with van der Waals surface area (Å²) in [6.07, 6.45) is 3.48. The Bertz CT molecular complexity index is 800. The lowest BCUT2D eigenvalue weighted by Crippen LogP contribution is -2.04. The van der Waals surface area contributed by atoms with Crippen LogP contribution in [0.15, 0.2) is 73.1 Å². The lowest BCUT2D eigenvalue weighted by molar-refractivity contribution is -0.384. The molecule has 0 aliphatic rings. The van der Waals surface area contributed by atoms with Crippen molar-refractivity contribution in [1.82, 2.24) is 4.98 Å². The third-order valence-electron chi connectivity index (χ3n) is 3.75. The van der Waals surface area contributed by atoms with Gasteiger partial charge in [0, 0.05) is 36.1 Å². The summed E-state index contributed by atoms with van der Waals surface area (Å²) < 4.78 is 0. The van der Waals surface area contributed by atoms with E-state index in [1.54, 1.807) is 24.5 Å². The minimum atomic E-state index is -0.394. The van der Waals surface area contributed by atoms with E-state index in [1.165, 1.54) is 12.1 Å². The summed E-state index contributed by atoms with van der Waals surface area (Å²) in [6, 6.07) is 18.2. The molecule has 0 saturated carbocycles. The lowest BCUT2D eigenvalue weighted by atomic mass is 9.85. The molecule has 0 amide bonds. The third-order valence-corrected chi connectivity index (χ3v) is 3.75. The SMILES string of the molecule is Nc1ccc(C(c2ccncc2)c2ccc([N+](=O)[O-])cc2)cc1. The maximum absolute atomic E-state index is 10.8. The first kappa shape index (κ1) is 14.7. The molecule has 5 nitrogen and oxygen atoms in total. The van der Waals surface area contributed by atoms with Crippen LogP contribution in [0, 0.1) is 10.1 Å². The number of hydrogen-bond donors (Lipinski definition) is 1. The molecular formula is C18H15N3O2. The first-order chi connectivity index (χ1) is 11.1. The van der Waals surface area contributed by atoms with E-state index in [0.29, 0.717) is 5.69 Å². The van der Waals surface area contributed by atoms with Crippen LogP contribution in [0.1, 0.15) is 22.6 Å². The van der Waals surface area contributed by atoms with Gasteiger partial charge >= 0.3 is 0 Å². The average molecular weight is 305 g/mol. The molecule has 0 saturated heterocycles. The van der Waals surface area contributed by atoms with E-state index in [1.807, 2.05) is 36.4 Å².